The van der Waals surface area contributed by atoms with E-state index >= 15 is 0 Å². The number of nitrogens with two attached hydrogens (primary N) is 1. The second-order valence-corrected chi connectivity index (χ2v) is 4.88. The Labute approximate surface area is 120 Å². The molecule has 1 aromatic carbocycles. The molecule has 0 spiro atoms. The number of hydrogen-bond donors (Lipinski definition) is 2. The summed E-state index contributed by atoms with van der Waals surface area (Å²) < 4.78 is 13.7. The van der Waals surface area contributed by atoms with Crippen LogP contribution in [0.1, 0.15) is 21.7 Å². The summed E-state index contributed by atoms with van der Waals surface area (Å²) in [5.74, 6) is -0.852. The van der Waals surface area contributed by atoms with Gasteiger partial charge in [-0.15, -0.1) is 0 Å². The Bertz CT molecular complexity index is 636. The van der Waals surface area contributed by atoms with Gasteiger partial charge in [-0.1, -0.05) is 17.7 Å². The monoisotopic (exact) mass is 296 g/mol. The lowest BCUT2D eigenvalue weighted by atomic mass is 10.2. The van der Waals surface area contributed by atoms with Crippen LogP contribution in [0.4, 0.5) is 10.1 Å². The van der Waals surface area contributed by atoms with E-state index < -0.39 is 11.7 Å². The zero-order chi connectivity index (χ0) is 14.9. The number of nitrogen functional groups attached to an aromatic ring is 1. The van der Waals surface area contributed by atoms with Crippen molar-refractivity contribution in [3.05, 3.63) is 46.0 Å². The van der Waals surface area contributed by atoms with Gasteiger partial charge in [0, 0.05) is 17.6 Å². The molecule has 2 rings (SSSR count). The highest BCUT2D eigenvalue weighted by molar-refractivity contribution is 6.31. The second-order valence-electron chi connectivity index (χ2n) is 4.47. The molecule has 0 unspecified atom stereocenters. The van der Waals surface area contributed by atoms with E-state index in [4.69, 9.17) is 17.3 Å². The normalized spacial score (nSPS) is 10.6. The number of carbonyl (C=O) groups excluding carboxylic acids is 1. The predicted octanol–water partition coefficient (Wildman–Crippen LogP) is 2.37. The number of aryl methyl sites for hydroxylation is 1. The molecule has 0 fully saturated rings. The molecule has 0 saturated heterocycles. The van der Waals surface area contributed by atoms with Crippen LogP contribution in [-0.2, 0) is 6.54 Å². The van der Waals surface area contributed by atoms with Crippen molar-refractivity contribution in [1.82, 2.24) is 15.1 Å². The van der Waals surface area contributed by atoms with Crippen LogP contribution in [0.25, 0.3) is 0 Å². The van der Waals surface area contributed by atoms with E-state index in [2.05, 4.69) is 10.2 Å². The minimum atomic E-state index is -0.455. The number of hydrogen-bond acceptors (Lipinski definition) is 3. The van der Waals surface area contributed by atoms with Gasteiger partial charge in [-0.2, -0.15) is 5.10 Å². The lowest BCUT2D eigenvalue weighted by Gasteiger charge is -2.17. The zero-order valence-electron chi connectivity index (χ0n) is 11.1. The number of nitrogens with one attached hydrogen (secondary N) is 1. The molecule has 0 aliphatic carbocycles. The average molecular weight is 297 g/mol. The third kappa shape index (κ3) is 2.60. The Hall–Kier alpha value is -2.08. The van der Waals surface area contributed by atoms with E-state index in [1.807, 2.05) is 0 Å². The molecule has 1 aromatic heterocycles. The highest BCUT2D eigenvalue weighted by Gasteiger charge is 2.21. The van der Waals surface area contributed by atoms with Crippen molar-refractivity contribution >= 4 is 23.2 Å². The first kappa shape index (κ1) is 14.3. The Morgan fingerprint density at radius 3 is 2.80 bits per heavy atom. The minimum absolute atomic E-state index is 0.0374. The lowest BCUT2D eigenvalue weighted by molar-refractivity contribution is 0.0779. The van der Waals surface area contributed by atoms with Crippen molar-refractivity contribution < 1.29 is 9.18 Å². The van der Waals surface area contributed by atoms with Crippen LogP contribution >= 0.6 is 11.6 Å². The van der Waals surface area contributed by atoms with Crippen molar-refractivity contribution in [2.75, 3.05) is 12.8 Å². The van der Waals surface area contributed by atoms with Crippen molar-refractivity contribution in [2.45, 2.75) is 13.5 Å². The van der Waals surface area contributed by atoms with Crippen molar-refractivity contribution in [2.24, 2.45) is 0 Å². The standard InChI is InChI=1S/C13H14ClFN4O/c1-7-11(16)12(18-17-7)13(20)19(2)6-8-9(14)4-3-5-10(8)15/h3-5H,6,16H2,1-2H3,(H,17,18). The molecule has 1 amide bonds. The topological polar surface area (TPSA) is 75.0 Å². The predicted molar refractivity (Wildman–Crippen MR) is 74.9 cm³/mol. The Morgan fingerprint density at radius 1 is 1.55 bits per heavy atom. The zero-order valence-corrected chi connectivity index (χ0v) is 11.8. The summed E-state index contributed by atoms with van der Waals surface area (Å²) in [5.41, 5.74) is 7.05. The fraction of sp³-hybridized carbons (Fsp3) is 0.231. The van der Waals surface area contributed by atoms with Gasteiger partial charge in [-0.25, -0.2) is 4.39 Å². The van der Waals surface area contributed by atoms with E-state index in [0.717, 1.165) is 0 Å². The quantitative estimate of drug-likeness (QED) is 0.913. The molecular weight excluding hydrogens is 283 g/mol. The summed E-state index contributed by atoms with van der Waals surface area (Å²) in [5, 5.41) is 6.77. The molecule has 1 heterocycles. The van der Waals surface area contributed by atoms with Gasteiger partial charge >= 0.3 is 0 Å². The van der Waals surface area contributed by atoms with Crippen LogP contribution in [0.15, 0.2) is 18.2 Å². The summed E-state index contributed by atoms with van der Waals surface area (Å²) >= 11 is 5.94. The van der Waals surface area contributed by atoms with Gasteiger partial charge in [0.2, 0.25) is 0 Å². The average Bonchev–Trinajstić information content (AvgIpc) is 2.73. The van der Waals surface area contributed by atoms with Crippen LogP contribution in [-0.4, -0.2) is 28.1 Å². The van der Waals surface area contributed by atoms with E-state index in [1.165, 1.54) is 24.1 Å². The molecule has 5 nitrogen and oxygen atoms in total. The maximum Gasteiger partial charge on any atom is 0.276 e. The first-order valence-electron chi connectivity index (χ1n) is 5.90. The van der Waals surface area contributed by atoms with Crippen LogP contribution in [0.2, 0.25) is 5.02 Å². The number of benzene rings is 1. The molecule has 106 valence electrons. The third-order valence-corrected chi connectivity index (χ3v) is 3.35. The number of H-pyrrole nitrogens is 1. The first-order valence-corrected chi connectivity index (χ1v) is 6.28. The number of halogens is 2. The highest BCUT2D eigenvalue weighted by atomic mass is 35.5. The Balaban J connectivity index is 2.22. The van der Waals surface area contributed by atoms with E-state index in [0.29, 0.717) is 11.4 Å². The largest absolute Gasteiger partial charge is 0.395 e. The van der Waals surface area contributed by atoms with Gasteiger partial charge in [0.15, 0.2) is 5.69 Å². The summed E-state index contributed by atoms with van der Waals surface area (Å²) in [6.07, 6.45) is 0. The number of aromatic nitrogens is 2. The van der Waals surface area contributed by atoms with Gasteiger partial charge in [-0.05, 0) is 19.1 Å². The van der Waals surface area contributed by atoms with Gasteiger partial charge in [0.05, 0.1) is 17.9 Å². The van der Waals surface area contributed by atoms with Gasteiger partial charge in [-0.3, -0.25) is 9.89 Å². The molecule has 0 bridgehead atoms. The molecule has 7 heteroatoms. The maximum absolute atomic E-state index is 13.7. The molecule has 0 saturated carbocycles. The second kappa shape index (κ2) is 5.50. The number of carbonyl (C=O) groups is 1. The number of nitrogens with zero attached hydrogens (tertiary/aromatic N) is 2. The van der Waals surface area contributed by atoms with Gasteiger partial charge in [0.1, 0.15) is 5.82 Å². The summed E-state index contributed by atoms with van der Waals surface area (Å²) in [6.45, 7) is 1.75. The van der Waals surface area contributed by atoms with Gasteiger partial charge < -0.3 is 10.6 Å². The maximum atomic E-state index is 13.7. The van der Waals surface area contributed by atoms with Crippen LogP contribution in [0.5, 0.6) is 0 Å². The van der Waals surface area contributed by atoms with Crippen molar-refractivity contribution in [3.63, 3.8) is 0 Å². The first-order chi connectivity index (χ1) is 9.41. The van der Waals surface area contributed by atoms with Gasteiger partial charge in [0.25, 0.3) is 5.91 Å². The van der Waals surface area contributed by atoms with Crippen LogP contribution in [0.3, 0.4) is 0 Å². The third-order valence-electron chi connectivity index (χ3n) is 3.00. The van der Waals surface area contributed by atoms with E-state index in [-0.39, 0.29) is 22.8 Å². The smallest absolute Gasteiger partial charge is 0.276 e. The lowest BCUT2D eigenvalue weighted by Crippen LogP contribution is -2.27. The fourth-order valence-corrected chi connectivity index (χ4v) is 2.00. The number of amides is 1. The van der Waals surface area contributed by atoms with E-state index in [1.54, 1.807) is 13.0 Å². The number of rotatable bonds is 3. The highest BCUT2D eigenvalue weighted by Crippen LogP contribution is 2.22. The van der Waals surface area contributed by atoms with Crippen LogP contribution < -0.4 is 5.73 Å². The SMILES string of the molecule is Cc1[nH]nc(C(=O)N(C)Cc2c(F)cccc2Cl)c1N. The Morgan fingerprint density at radius 2 is 2.25 bits per heavy atom. The molecular formula is C13H14ClFN4O. The Kier molecular flexibility index (Phi) is 3.94. The van der Waals surface area contributed by atoms with Crippen molar-refractivity contribution in [1.29, 1.82) is 0 Å². The van der Waals surface area contributed by atoms with E-state index in [9.17, 15) is 9.18 Å². The minimum Gasteiger partial charge on any atom is -0.395 e. The summed E-state index contributed by atoms with van der Waals surface area (Å²) in [6, 6.07) is 4.38. The number of anilines is 1. The fourth-order valence-electron chi connectivity index (χ4n) is 1.77. The molecule has 0 aliphatic heterocycles. The molecule has 0 radical (unpaired) electrons. The summed E-state index contributed by atoms with van der Waals surface area (Å²) in [7, 11) is 1.54. The summed E-state index contributed by atoms with van der Waals surface area (Å²) in [4.78, 5) is 13.5. The molecule has 0 aliphatic rings. The van der Waals surface area contributed by atoms with Crippen molar-refractivity contribution in [3.8, 4) is 0 Å². The van der Waals surface area contributed by atoms with Crippen LogP contribution in [0, 0.1) is 12.7 Å². The molecule has 0 atom stereocenters. The molecule has 20 heavy (non-hydrogen) atoms. The molecule has 3 N–H and O–H groups in total. The molecule has 2 aromatic rings. The number of aromatic amines is 1.